The Balaban J connectivity index is 2.01. The SMILES string of the molecule is CCN(CC)CCn1c2ccccc2n2c([C@@H](O)C(Cl)(Cl)Cl)c(-c3ccc(OC)c(OC)c3)nc12. The van der Waals surface area contributed by atoms with E-state index < -0.39 is 9.90 Å². The van der Waals surface area contributed by atoms with Crippen LogP contribution in [-0.2, 0) is 6.54 Å². The number of ether oxygens (including phenoxy) is 2. The largest absolute Gasteiger partial charge is 0.493 e. The molecule has 2 aromatic heterocycles. The summed E-state index contributed by atoms with van der Waals surface area (Å²) in [4.78, 5) is 7.34. The fourth-order valence-electron chi connectivity index (χ4n) is 4.43. The number of alkyl halides is 3. The number of para-hydroxylation sites is 2. The van der Waals surface area contributed by atoms with E-state index in [1.165, 1.54) is 0 Å². The van der Waals surface area contributed by atoms with Gasteiger partial charge in [-0.05, 0) is 43.4 Å². The summed E-state index contributed by atoms with van der Waals surface area (Å²) in [6, 6.07) is 13.4. The number of hydrogen-bond donors (Lipinski definition) is 1. The summed E-state index contributed by atoms with van der Waals surface area (Å²) in [7, 11) is 3.14. The van der Waals surface area contributed by atoms with E-state index in [1.807, 2.05) is 34.7 Å². The number of nitrogens with zero attached hydrogens (tertiary/aromatic N) is 4. The third-order valence-electron chi connectivity index (χ3n) is 6.31. The molecule has 1 N–H and O–H groups in total. The third kappa shape index (κ3) is 4.80. The minimum atomic E-state index is -1.97. The quantitative estimate of drug-likeness (QED) is 0.276. The zero-order valence-electron chi connectivity index (χ0n) is 20.1. The van der Waals surface area contributed by atoms with Crippen molar-refractivity contribution in [3.63, 3.8) is 0 Å². The average molecular weight is 540 g/mol. The van der Waals surface area contributed by atoms with E-state index in [2.05, 4.69) is 23.3 Å². The number of halogens is 3. The zero-order chi connectivity index (χ0) is 25.3. The topological polar surface area (TPSA) is 64.2 Å². The van der Waals surface area contributed by atoms with Crippen molar-refractivity contribution < 1.29 is 14.6 Å². The van der Waals surface area contributed by atoms with Crippen LogP contribution in [0, 0.1) is 0 Å². The van der Waals surface area contributed by atoms with Gasteiger partial charge in [0.1, 0.15) is 6.10 Å². The van der Waals surface area contributed by atoms with Crippen LogP contribution in [0.25, 0.3) is 28.1 Å². The summed E-state index contributed by atoms with van der Waals surface area (Å²) < 4.78 is 12.9. The molecular formula is C25H29Cl3N4O3. The molecule has 0 saturated heterocycles. The lowest BCUT2D eigenvalue weighted by Gasteiger charge is -2.20. The van der Waals surface area contributed by atoms with Crippen molar-refractivity contribution in [3.05, 3.63) is 48.2 Å². The monoisotopic (exact) mass is 538 g/mol. The highest BCUT2D eigenvalue weighted by Gasteiger charge is 2.38. The first kappa shape index (κ1) is 25.9. The van der Waals surface area contributed by atoms with Gasteiger partial charge in [-0.3, -0.25) is 4.40 Å². The third-order valence-corrected chi connectivity index (χ3v) is 6.93. The van der Waals surface area contributed by atoms with E-state index in [0.717, 1.165) is 30.7 Å². The van der Waals surface area contributed by atoms with Crippen LogP contribution in [0.3, 0.4) is 0 Å². The van der Waals surface area contributed by atoms with Gasteiger partial charge in [0.15, 0.2) is 11.5 Å². The van der Waals surface area contributed by atoms with Gasteiger partial charge in [0.2, 0.25) is 9.57 Å². The van der Waals surface area contributed by atoms with E-state index >= 15 is 0 Å². The molecule has 0 amide bonds. The van der Waals surface area contributed by atoms with Crippen LogP contribution in [0.5, 0.6) is 11.5 Å². The van der Waals surface area contributed by atoms with Gasteiger partial charge in [-0.15, -0.1) is 0 Å². The van der Waals surface area contributed by atoms with Gasteiger partial charge >= 0.3 is 0 Å². The van der Waals surface area contributed by atoms with E-state index in [1.54, 1.807) is 26.4 Å². The van der Waals surface area contributed by atoms with Crippen molar-refractivity contribution in [3.8, 4) is 22.8 Å². The van der Waals surface area contributed by atoms with E-state index in [0.29, 0.717) is 40.8 Å². The number of hydrogen-bond acceptors (Lipinski definition) is 5. The number of aliphatic hydroxyl groups excluding tert-OH is 1. The molecule has 0 saturated carbocycles. The number of imidazole rings is 2. The summed E-state index contributed by atoms with van der Waals surface area (Å²) in [5.74, 6) is 1.77. The molecule has 1 atom stereocenters. The predicted molar refractivity (Wildman–Crippen MR) is 142 cm³/mol. The summed E-state index contributed by atoms with van der Waals surface area (Å²) in [6.07, 6.45) is -1.44. The number of methoxy groups -OCH3 is 2. The number of benzene rings is 2. The second kappa shape index (κ2) is 10.4. The Morgan fingerprint density at radius 2 is 1.66 bits per heavy atom. The number of aliphatic hydroxyl groups is 1. The maximum absolute atomic E-state index is 11.2. The Labute approximate surface area is 219 Å². The maximum atomic E-state index is 11.2. The summed E-state index contributed by atoms with van der Waals surface area (Å²) in [5, 5.41) is 11.2. The van der Waals surface area contributed by atoms with Crippen LogP contribution >= 0.6 is 34.8 Å². The van der Waals surface area contributed by atoms with Crippen LogP contribution in [0.2, 0.25) is 0 Å². The Morgan fingerprint density at radius 1 is 1.00 bits per heavy atom. The molecule has 10 heteroatoms. The molecule has 35 heavy (non-hydrogen) atoms. The van der Waals surface area contributed by atoms with Gasteiger partial charge in [0.05, 0.1) is 36.6 Å². The fourth-order valence-corrected chi connectivity index (χ4v) is 4.74. The molecule has 4 aromatic rings. The molecule has 7 nitrogen and oxygen atoms in total. The first-order chi connectivity index (χ1) is 16.7. The highest BCUT2D eigenvalue weighted by atomic mass is 35.6. The number of likely N-dealkylation sites (N-methyl/N-ethyl adjacent to an activating group) is 1. The molecule has 0 bridgehead atoms. The molecule has 2 aromatic carbocycles. The lowest BCUT2D eigenvalue weighted by molar-refractivity contribution is 0.177. The molecule has 0 radical (unpaired) electrons. The number of fused-ring (bicyclic) bond motifs is 3. The normalized spacial score (nSPS) is 13.2. The van der Waals surface area contributed by atoms with Crippen molar-refractivity contribution in [2.24, 2.45) is 0 Å². The van der Waals surface area contributed by atoms with Gasteiger partial charge in [0, 0.05) is 18.7 Å². The molecule has 4 rings (SSSR count). The summed E-state index contributed by atoms with van der Waals surface area (Å²) in [5.41, 5.74) is 3.45. The smallest absolute Gasteiger partial charge is 0.221 e. The van der Waals surface area contributed by atoms with Gasteiger partial charge in [-0.25, -0.2) is 4.98 Å². The minimum Gasteiger partial charge on any atom is -0.493 e. The van der Waals surface area contributed by atoms with Crippen molar-refractivity contribution in [2.75, 3.05) is 33.9 Å². The van der Waals surface area contributed by atoms with Crippen molar-refractivity contribution in [1.29, 1.82) is 0 Å². The highest BCUT2D eigenvalue weighted by molar-refractivity contribution is 6.68. The van der Waals surface area contributed by atoms with Crippen LogP contribution in [0.1, 0.15) is 25.6 Å². The molecule has 0 aliphatic carbocycles. The molecule has 2 heterocycles. The Kier molecular flexibility index (Phi) is 7.74. The number of rotatable bonds is 9. The van der Waals surface area contributed by atoms with Gasteiger partial charge < -0.3 is 24.0 Å². The second-order valence-corrected chi connectivity index (χ2v) is 10.5. The van der Waals surface area contributed by atoms with Crippen LogP contribution in [0.4, 0.5) is 0 Å². The summed E-state index contributed by atoms with van der Waals surface area (Å²) in [6.45, 7) is 7.76. The Bertz CT molecular complexity index is 1330. The van der Waals surface area contributed by atoms with E-state index in [4.69, 9.17) is 49.3 Å². The Hall–Kier alpha value is -2.16. The second-order valence-electron chi connectivity index (χ2n) is 8.16. The first-order valence-electron chi connectivity index (χ1n) is 11.4. The van der Waals surface area contributed by atoms with Crippen LogP contribution < -0.4 is 9.47 Å². The van der Waals surface area contributed by atoms with Gasteiger partial charge in [-0.1, -0.05) is 60.8 Å². The van der Waals surface area contributed by atoms with E-state index in [-0.39, 0.29) is 0 Å². The van der Waals surface area contributed by atoms with Crippen molar-refractivity contribution in [1.82, 2.24) is 18.9 Å². The lowest BCUT2D eigenvalue weighted by atomic mass is 10.1. The molecule has 188 valence electrons. The van der Waals surface area contributed by atoms with Crippen LogP contribution in [0.15, 0.2) is 42.5 Å². The molecule has 0 aliphatic rings. The molecule has 0 unspecified atom stereocenters. The van der Waals surface area contributed by atoms with Crippen LogP contribution in [-0.4, -0.2) is 61.6 Å². The highest BCUT2D eigenvalue weighted by Crippen LogP contribution is 2.45. The molecule has 0 spiro atoms. The molecule has 0 aliphatic heterocycles. The standard InChI is InChI=1S/C25H29Cl3N4O3/c1-5-30(6-2)13-14-31-17-9-7-8-10-18(17)32-22(23(33)25(26,27)28)21(29-24(31)32)16-11-12-19(34-3)20(15-16)35-4/h7-12,15,23,33H,5-6,13-14H2,1-4H3/t23-/m1/s1. The minimum absolute atomic E-state index is 0.394. The van der Waals surface area contributed by atoms with Crippen molar-refractivity contribution >= 4 is 51.6 Å². The molecule has 0 fully saturated rings. The van der Waals surface area contributed by atoms with Gasteiger partial charge in [-0.2, -0.15) is 0 Å². The maximum Gasteiger partial charge on any atom is 0.221 e. The zero-order valence-corrected chi connectivity index (χ0v) is 22.4. The number of aromatic nitrogens is 3. The summed E-state index contributed by atoms with van der Waals surface area (Å²) >= 11 is 18.7. The Morgan fingerprint density at radius 3 is 2.26 bits per heavy atom. The van der Waals surface area contributed by atoms with E-state index in [9.17, 15) is 5.11 Å². The lowest BCUT2D eigenvalue weighted by Crippen LogP contribution is -2.27. The average Bonchev–Trinajstić information content (AvgIpc) is 3.38. The van der Waals surface area contributed by atoms with Gasteiger partial charge in [0.25, 0.3) is 0 Å². The van der Waals surface area contributed by atoms with Crippen molar-refractivity contribution in [2.45, 2.75) is 30.3 Å². The molecular weight excluding hydrogens is 511 g/mol. The predicted octanol–water partition coefficient (Wildman–Crippen LogP) is 5.72. The fraction of sp³-hybridized carbons (Fsp3) is 0.400. The first-order valence-corrected chi connectivity index (χ1v) is 12.6.